The first-order valence-corrected chi connectivity index (χ1v) is 7.44. The third-order valence-corrected chi connectivity index (χ3v) is 4.05. The molecule has 0 saturated heterocycles. The highest BCUT2D eigenvalue weighted by Gasteiger charge is 2.24. The van der Waals surface area contributed by atoms with Gasteiger partial charge in [-0.15, -0.1) is 24.0 Å². The molecule has 0 aromatic heterocycles. The summed E-state index contributed by atoms with van der Waals surface area (Å²) >= 11 is 1.99. The minimum Gasteiger partial charge on any atom is -0.356 e. The summed E-state index contributed by atoms with van der Waals surface area (Å²) in [7, 11) is 1.84. The average molecular weight is 371 g/mol. The Morgan fingerprint density at radius 2 is 2.12 bits per heavy atom. The van der Waals surface area contributed by atoms with Crippen molar-refractivity contribution < 1.29 is 0 Å². The first kappa shape index (κ1) is 17.4. The number of halogens is 1. The highest BCUT2D eigenvalue weighted by molar-refractivity contribution is 14.0. The fourth-order valence-corrected chi connectivity index (χ4v) is 2.77. The molecule has 17 heavy (non-hydrogen) atoms. The molecule has 1 aliphatic rings. The largest absolute Gasteiger partial charge is 0.356 e. The van der Waals surface area contributed by atoms with E-state index < -0.39 is 0 Å². The molecule has 0 aliphatic heterocycles. The molecule has 0 aromatic carbocycles. The smallest absolute Gasteiger partial charge is 0.191 e. The average Bonchev–Trinajstić information content (AvgIpc) is 2.71. The van der Waals surface area contributed by atoms with Gasteiger partial charge in [-0.25, -0.2) is 0 Å². The third kappa shape index (κ3) is 6.74. The first-order valence-electron chi connectivity index (χ1n) is 6.15. The molecule has 1 rings (SSSR count). The molecule has 2 atom stereocenters. The van der Waals surface area contributed by atoms with Gasteiger partial charge in [0.05, 0.1) is 0 Å². The monoisotopic (exact) mass is 371 g/mol. The Hall–Kier alpha value is 0.350. The molecule has 0 amide bonds. The van der Waals surface area contributed by atoms with E-state index in [1.165, 1.54) is 19.3 Å². The maximum Gasteiger partial charge on any atom is 0.191 e. The summed E-state index contributed by atoms with van der Waals surface area (Å²) in [5.74, 6) is 1.61. The number of nitrogens with zero attached hydrogens (tertiary/aromatic N) is 1. The quantitative estimate of drug-likeness (QED) is 0.453. The van der Waals surface area contributed by atoms with Gasteiger partial charge in [0.2, 0.25) is 0 Å². The molecule has 2 N–H and O–H groups in total. The molecular weight excluding hydrogens is 345 g/mol. The van der Waals surface area contributed by atoms with Crippen LogP contribution in [0.3, 0.4) is 0 Å². The predicted octanol–water partition coefficient (Wildman–Crippen LogP) is 2.71. The lowest BCUT2D eigenvalue weighted by Crippen LogP contribution is -2.43. The van der Waals surface area contributed by atoms with Crippen molar-refractivity contribution in [2.24, 2.45) is 10.9 Å². The lowest BCUT2D eigenvalue weighted by molar-refractivity contribution is 0.583. The van der Waals surface area contributed by atoms with E-state index in [-0.39, 0.29) is 24.0 Å². The molecule has 0 radical (unpaired) electrons. The lowest BCUT2D eigenvalue weighted by atomic mass is 10.2. The van der Waals surface area contributed by atoms with Crippen molar-refractivity contribution in [1.82, 2.24) is 10.6 Å². The molecular formula is C12H26IN3S. The van der Waals surface area contributed by atoms with Crippen LogP contribution in [-0.2, 0) is 0 Å². The van der Waals surface area contributed by atoms with Crippen molar-refractivity contribution >= 4 is 41.7 Å². The van der Waals surface area contributed by atoms with E-state index in [9.17, 15) is 0 Å². The van der Waals surface area contributed by atoms with Gasteiger partial charge in [-0.3, -0.25) is 4.99 Å². The summed E-state index contributed by atoms with van der Waals surface area (Å²) in [5, 5.41) is 7.71. The Morgan fingerprint density at radius 3 is 2.59 bits per heavy atom. The van der Waals surface area contributed by atoms with Gasteiger partial charge in [0.1, 0.15) is 0 Å². The van der Waals surface area contributed by atoms with Crippen LogP contribution in [0.1, 0.15) is 33.1 Å². The molecule has 0 bridgehead atoms. The zero-order valence-corrected chi connectivity index (χ0v) is 14.5. The van der Waals surface area contributed by atoms with Crippen molar-refractivity contribution in [2.75, 3.05) is 19.8 Å². The molecule has 5 heteroatoms. The van der Waals surface area contributed by atoms with Crippen LogP contribution >= 0.6 is 35.7 Å². The standard InChI is InChI=1S/C12H25N3S.HI/c1-9(2)8-14-12(13-3)15-10-5-6-11(7-10)16-4;/h9-11H,5-8H2,1-4H3,(H2,13,14,15);1H. The van der Waals surface area contributed by atoms with E-state index >= 15 is 0 Å². The van der Waals surface area contributed by atoms with E-state index in [0.29, 0.717) is 12.0 Å². The normalized spacial score (nSPS) is 24.6. The van der Waals surface area contributed by atoms with Crippen molar-refractivity contribution in [3.8, 4) is 0 Å². The van der Waals surface area contributed by atoms with E-state index in [2.05, 4.69) is 35.7 Å². The fraction of sp³-hybridized carbons (Fsp3) is 0.917. The van der Waals surface area contributed by atoms with Gasteiger partial charge in [0, 0.05) is 24.9 Å². The molecule has 0 spiro atoms. The zero-order valence-electron chi connectivity index (χ0n) is 11.3. The summed E-state index contributed by atoms with van der Waals surface area (Å²) in [6.07, 6.45) is 6.08. The second kappa shape index (κ2) is 9.30. The van der Waals surface area contributed by atoms with Crippen molar-refractivity contribution in [3.05, 3.63) is 0 Å². The topological polar surface area (TPSA) is 36.4 Å². The van der Waals surface area contributed by atoms with Gasteiger partial charge in [-0.05, 0) is 31.4 Å². The Labute approximate surface area is 127 Å². The highest BCUT2D eigenvalue weighted by atomic mass is 127. The van der Waals surface area contributed by atoms with E-state index in [1.54, 1.807) is 0 Å². The Balaban J connectivity index is 0.00000256. The van der Waals surface area contributed by atoms with Crippen LogP contribution < -0.4 is 10.6 Å². The molecule has 0 heterocycles. The van der Waals surface area contributed by atoms with Crippen LogP contribution in [0.15, 0.2) is 4.99 Å². The van der Waals surface area contributed by atoms with Crippen LogP contribution in [-0.4, -0.2) is 37.1 Å². The predicted molar refractivity (Wildman–Crippen MR) is 89.7 cm³/mol. The number of aliphatic imine (C=N–C) groups is 1. The Kier molecular flexibility index (Phi) is 9.49. The summed E-state index contributed by atoms with van der Waals surface area (Å²) in [6.45, 7) is 5.40. The van der Waals surface area contributed by atoms with Crippen LogP contribution in [0.4, 0.5) is 0 Å². The van der Waals surface area contributed by atoms with E-state index in [1.807, 2.05) is 18.8 Å². The fourth-order valence-electron chi connectivity index (χ4n) is 1.97. The number of guanidine groups is 1. The molecule has 3 nitrogen and oxygen atoms in total. The molecule has 2 unspecified atom stereocenters. The van der Waals surface area contributed by atoms with Crippen LogP contribution in [0, 0.1) is 5.92 Å². The number of hydrogen-bond donors (Lipinski definition) is 2. The molecule has 1 fully saturated rings. The molecule has 1 saturated carbocycles. The summed E-state index contributed by atoms with van der Waals surface area (Å²) in [4.78, 5) is 4.26. The van der Waals surface area contributed by atoms with Crippen molar-refractivity contribution in [2.45, 2.75) is 44.4 Å². The lowest BCUT2D eigenvalue weighted by Gasteiger charge is -2.18. The molecule has 0 aromatic rings. The van der Waals surface area contributed by atoms with Crippen molar-refractivity contribution in [3.63, 3.8) is 0 Å². The SMILES string of the molecule is CN=C(NCC(C)C)NC1CCC(SC)C1.I. The first-order chi connectivity index (χ1) is 7.65. The van der Waals surface area contributed by atoms with Gasteiger partial charge in [0.25, 0.3) is 0 Å². The third-order valence-electron chi connectivity index (χ3n) is 2.96. The number of thioether (sulfide) groups is 1. The number of hydrogen-bond acceptors (Lipinski definition) is 2. The van der Waals surface area contributed by atoms with Gasteiger partial charge in [0.15, 0.2) is 5.96 Å². The van der Waals surface area contributed by atoms with Gasteiger partial charge in [-0.1, -0.05) is 13.8 Å². The van der Waals surface area contributed by atoms with Crippen molar-refractivity contribution in [1.29, 1.82) is 0 Å². The van der Waals surface area contributed by atoms with Gasteiger partial charge < -0.3 is 10.6 Å². The van der Waals surface area contributed by atoms with Crippen LogP contribution in [0.25, 0.3) is 0 Å². The maximum absolute atomic E-state index is 4.26. The number of nitrogens with one attached hydrogen (secondary N) is 2. The summed E-state index contributed by atoms with van der Waals surface area (Å²) in [6, 6.07) is 0.607. The van der Waals surface area contributed by atoms with E-state index in [4.69, 9.17) is 0 Å². The highest BCUT2D eigenvalue weighted by Crippen LogP contribution is 2.27. The number of rotatable bonds is 4. The second-order valence-corrected chi connectivity index (χ2v) is 6.00. The maximum atomic E-state index is 4.26. The summed E-state index contributed by atoms with van der Waals surface area (Å²) < 4.78 is 0. The second-order valence-electron chi connectivity index (χ2n) is 4.86. The van der Waals surface area contributed by atoms with E-state index in [0.717, 1.165) is 17.8 Å². The minimum atomic E-state index is 0. The van der Waals surface area contributed by atoms with Gasteiger partial charge in [-0.2, -0.15) is 11.8 Å². The Morgan fingerprint density at radius 1 is 1.41 bits per heavy atom. The summed E-state index contributed by atoms with van der Waals surface area (Å²) in [5.41, 5.74) is 0. The molecule has 1 aliphatic carbocycles. The Bertz CT molecular complexity index is 234. The van der Waals surface area contributed by atoms with Crippen LogP contribution in [0.5, 0.6) is 0 Å². The molecule has 102 valence electrons. The van der Waals surface area contributed by atoms with Crippen LogP contribution in [0.2, 0.25) is 0 Å². The zero-order chi connectivity index (χ0) is 12.0. The minimum absolute atomic E-state index is 0. The van der Waals surface area contributed by atoms with Gasteiger partial charge >= 0.3 is 0 Å².